The Labute approximate surface area is 121 Å². The van der Waals surface area contributed by atoms with Crippen LogP contribution in [0.15, 0.2) is 12.3 Å². The summed E-state index contributed by atoms with van der Waals surface area (Å²) in [6, 6.07) is 2.02. The zero-order valence-corrected chi connectivity index (χ0v) is 12.4. The number of aryl methyl sites for hydroxylation is 1. The van der Waals surface area contributed by atoms with E-state index < -0.39 is 0 Å². The van der Waals surface area contributed by atoms with Gasteiger partial charge in [-0.2, -0.15) is 0 Å². The van der Waals surface area contributed by atoms with E-state index in [-0.39, 0.29) is 0 Å². The van der Waals surface area contributed by atoms with Crippen molar-refractivity contribution < 1.29 is 0 Å². The topological polar surface area (TPSA) is 44.3 Å². The average molecular weight is 275 g/mol. The molecule has 2 fully saturated rings. The number of piperidine rings is 1. The lowest BCUT2D eigenvalue weighted by molar-refractivity contribution is 0.196. The normalized spacial score (nSPS) is 22.1. The van der Waals surface area contributed by atoms with Gasteiger partial charge in [-0.15, -0.1) is 0 Å². The molecule has 0 aromatic carbocycles. The third-order valence-electron chi connectivity index (χ3n) is 4.43. The largest absolute Gasteiger partial charge is 0.354 e. The molecule has 5 heteroatoms. The summed E-state index contributed by atoms with van der Waals surface area (Å²) in [7, 11) is 0. The van der Waals surface area contributed by atoms with Crippen LogP contribution in [0.25, 0.3) is 0 Å². The second-order valence-corrected chi connectivity index (χ2v) is 5.94. The van der Waals surface area contributed by atoms with Crippen LogP contribution in [0.5, 0.6) is 0 Å². The number of nitrogens with zero attached hydrogens (tertiary/aromatic N) is 4. The van der Waals surface area contributed by atoms with Gasteiger partial charge in [-0.1, -0.05) is 0 Å². The molecule has 20 heavy (non-hydrogen) atoms. The second-order valence-electron chi connectivity index (χ2n) is 5.94. The number of anilines is 1. The van der Waals surface area contributed by atoms with Gasteiger partial charge in [0.15, 0.2) is 0 Å². The Kier molecular flexibility index (Phi) is 4.47. The lowest BCUT2D eigenvalue weighted by Crippen LogP contribution is -2.48. The van der Waals surface area contributed by atoms with Crippen LogP contribution < -0.4 is 10.2 Å². The molecule has 0 unspecified atom stereocenters. The first-order chi connectivity index (χ1) is 9.81. The van der Waals surface area contributed by atoms with Gasteiger partial charge >= 0.3 is 0 Å². The van der Waals surface area contributed by atoms with Crippen LogP contribution in [0.3, 0.4) is 0 Å². The first kappa shape index (κ1) is 13.8. The summed E-state index contributed by atoms with van der Waals surface area (Å²) in [6.07, 6.45) is 4.54. The highest BCUT2D eigenvalue weighted by atomic mass is 15.3. The Balaban J connectivity index is 1.49. The van der Waals surface area contributed by atoms with Crippen molar-refractivity contribution >= 4 is 5.82 Å². The number of piperazine rings is 1. The molecule has 2 aliphatic heterocycles. The molecule has 0 aliphatic carbocycles. The number of rotatable bonds is 3. The van der Waals surface area contributed by atoms with Gasteiger partial charge in [-0.25, -0.2) is 9.97 Å². The van der Waals surface area contributed by atoms with Crippen LogP contribution in [0, 0.1) is 12.8 Å². The molecule has 1 aromatic heterocycles. The number of hydrogen-bond donors (Lipinski definition) is 1. The van der Waals surface area contributed by atoms with Crippen molar-refractivity contribution in [3.05, 3.63) is 18.1 Å². The van der Waals surface area contributed by atoms with Crippen molar-refractivity contribution in [3.8, 4) is 0 Å². The fourth-order valence-corrected chi connectivity index (χ4v) is 3.21. The molecule has 0 amide bonds. The first-order valence-electron chi connectivity index (χ1n) is 7.79. The van der Waals surface area contributed by atoms with Crippen LogP contribution in [0.2, 0.25) is 0 Å². The Bertz CT molecular complexity index is 422. The van der Waals surface area contributed by atoms with Gasteiger partial charge in [0, 0.05) is 38.9 Å². The van der Waals surface area contributed by atoms with Crippen LogP contribution in [0.1, 0.15) is 18.7 Å². The molecular weight excluding hydrogens is 250 g/mol. The van der Waals surface area contributed by atoms with E-state index in [0.29, 0.717) is 0 Å². The minimum absolute atomic E-state index is 0.861. The van der Waals surface area contributed by atoms with E-state index in [0.717, 1.165) is 43.7 Å². The molecule has 3 heterocycles. The van der Waals surface area contributed by atoms with E-state index >= 15 is 0 Å². The molecule has 110 valence electrons. The summed E-state index contributed by atoms with van der Waals surface area (Å²) in [5, 5.41) is 3.44. The van der Waals surface area contributed by atoms with Gasteiger partial charge < -0.3 is 10.2 Å². The highest BCUT2D eigenvalue weighted by Crippen LogP contribution is 2.17. The highest BCUT2D eigenvalue weighted by molar-refractivity contribution is 5.37. The van der Waals surface area contributed by atoms with Crippen LogP contribution in [0.4, 0.5) is 5.82 Å². The minimum Gasteiger partial charge on any atom is -0.354 e. The summed E-state index contributed by atoms with van der Waals surface area (Å²) >= 11 is 0. The molecular formula is C15H25N5. The monoisotopic (exact) mass is 275 g/mol. The molecule has 0 saturated carbocycles. The summed E-state index contributed by atoms with van der Waals surface area (Å²) in [5.41, 5.74) is 0. The molecule has 1 N–H and O–H groups in total. The van der Waals surface area contributed by atoms with Gasteiger partial charge in [-0.05, 0) is 44.8 Å². The Morgan fingerprint density at radius 2 is 1.95 bits per heavy atom. The Morgan fingerprint density at radius 3 is 2.65 bits per heavy atom. The number of aromatic nitrogens is 2. The Morgan fingerprint density at radius 1 is 1.20 bits per heavy atom. The third-order valence-corrected chi connectivity index (χ3v) is 4.43. The zero-order valence-electron chi connectivity index (χ0n) is 12.4. The van der Waals surface area contributed by atoms with Crippen molar-refractivity contribution in [2.45, 2.75) is 19.8 Å². The highest BCUT2D eigenvalue weighted by Gasteiger charge is 2.21. The maximum atomic E-state index is 4.53. The maximum Gasteiger partial charge on any atom is 0.132 e. The predicted molar refractivity (Wildman–Crippen MR) is 81.0 cm³/mol. The fraction of sp³-hybridized carbons (Fsp3) is 0.733. The predicted octanol–water partition coefficient (Wildman–Crippen LogP) is 0.907. The molecule has 5 nitrogen and oxygen atoms in total. The molecule has 0 atom stereocenters. The lowest BCUT2D eigenvalue weighted by atomic mass is 9.97. The third kappa shape index (κ3) is 3.46. The Hall–Kier alpha value is -1.20. The summed E-state index contributed by atoms with van der Waals surface area (Å²) < 4.78 is 0. The van der Waals surface area contributed by atoms with Crippen LogP contribution >= 0.6 is 0 Å². The van der Waals surface area contributed by atoms with Gasteiger partial charge in [0.25, 0.3) is 0 Å². The maximum absolute atomic E-state index is 4.53. The first-order valence-corrected chi connectivity index (χ1v) is 7.79. The SMILES string of the molecule is Cc1nccc(N2CCN(CC3CCNCC3)CC2)n1. The number of hydrogen-bond acceptors (Lipinski definition) is 5. The second kappa shape index (κ2) is 6.50. The van der Waals surface area contributed by atoms with E-state index in [4.69, 9.17) is 0 Å². The van der Waals surface area contributed by atoms with E-state index in [1.54, 1.807) is 0 Å². The van der Waals surface area contributed by atoms with Gasteiger partial charge in [-0.3, -0.25) is 4.90 Å². The minimum atomic E-state index is 0.861. The van der Waals surface area contributed by atoms with E-state index in [2.05, 4.69) is 25.1 Å². The molecule has 3 rings (SSSR count). The molecule has 2 aliphatic rings. The number of nitrogens with one attached hydrogen (secondary N) is 1. The zero-order chi connectivity index (χ0) is 13.8. The van der Waals surface area contributed by atoms with Crippen molar-refractivity contribution in [1.29, 1.82) is 0 Å². The van der Waals surface area contributed by atoms with Gasteiger partial charge in [0.1, 0.15) is 11.6 Å². The van der Waals surface area contributed by atoms with Crippen molar-refractivity contribution in [2.75, 3.05) is 50.7 Å². The molecule has 0 spiro atoms. The lowest BCUT2D eigenvalue weighted by Gasteiger charge is -2.37. The molecule has 1 aromatic rings. The summed E-state index contributed by atoms with van der Waals surface area (Å²) in [5.74, 6) is 2.84. The van der Waals surface area contributed by atoms with Gasteiger partial charge in [0.05, 0.1) is 0 Å². The van der Waals surface area contributed by atoms with E-state index in [1.807, 2.05) is 19.2 Å². The van der Waals surface area contributed by atoms with Crippen molar-refractivity contribution in [1.82, 2.24) is 20.2 Å². The van der Waals surface area contributed by atoms with Crippen LogP contribution in [-0.2, 0) is 0 Å². The molecule has 0 bridgehead atoms. The van der Waals surface area contributed by atoms with E-state index in [1.165, 1.54) is 32.5 Å². The average Bonchev–Trinajstić information content (AvgIpc) is 2.49. The fourth-order valence-electron chi connectivity index (χ4n) is 3.21. The quantitative estimate of drug-likeness (QED) is 0.888. The van der Waals surface area contributed by atoms with Crippen LogP contribution in [-0.4, -0.2) is 60.7 Å². The summed E-state index contributed by atoms with van der Waals surface area (Å²) in [4.78, 5) is 13.7. The summed E-state index contributed by atoms with van der Waals surface area (Å²) in [6.45, 7) is 10.1. The van der Waals surface area contributed by atoms with Crippen molar-refractivity contribution in [3.63, 3.8) is 0 Å². The standard InChI is InChI=1S/C15H25N5/c1-13-17-7-4-15(18-13)20-10-8-19(9-11-20)12-14-2-5-16-6-3-14/h4,7,14,16H,2-3,5-6,8-12H2,1H3. The van der Waals surface area contributed by atoms with Gasteiger partial charge in [0.2, 0.25) is 0 Å². The van der Waals surface area contributed by atoms with Crippen molar-refractivity contribution in [2.24, 2.45) is 5.92 Å². The molecule has 0 radical (unpaired) electrons. The van der Waals surface area contributed by atoms with E-state index in [9.17, 15) is 0 Å². The molecule has 2 saturated heterocycles. The smallest absolute Gasteiger partial charge is 0.132 e.